The summed E-state index contributed by atoms with van der Waals surface area (Å²) >= 11 is 0. The Bertz CT molecular complexity index is 591. The first kappa shape index (κ1) is 18.5. The molecule has 0 aliphatic carbocycles. The number of benzene rings is 1. The zero-order valence-electron chi connectivity index (χ0n) is 13.6. The molecule has 1 amide bonds. The van der Waals surface area contributed by atoms with Gasteiger partial charge in [-0.1, -0.05) is 26.0 Å². The standard InChI is InChI=1S/C14H16FN5O.C2H6/c1-10(2-3-11-4-6-12(15)7-5-11)19-14-17-8-16-13(20-14)18-9-21;1-2/h4-10H,2-3H2,1H3,(H2,16,17,18,19,20,21);1-2H3. The Morgan fingerprint density at radius 3 is 2.48 bits per heavy atom. The van der Waals surface area contributed by atoms with E-state index < -0.39 is 0 Å². The lowest BCUT2D eigenvalue weighted by molar-refractivity contribution is -0.105. The summed E-state index contributed by atoms with van der Waals surface area (Å²) in [4.78, 5) is 22.2. The molecule has 23 heavy (non-hydrogen) atoms. The van der Waals surface area contributed by atoms with Gasteiger partial charge in [-0.25, -0.2) is 14.4 Å². The Hall–Kier alpha value is -2.57. The average Bonchev–Trinajstić information content (AvgIpc) is 2.57. The molecule has 0 saturated carbocycles. The maximum Gasteiger partial charge on any atom is 0.233 e. The molecule has 0 spiro atoms. The van der Waals surface area contributed by atoms with E-state index in [0.29, 0.717) is 12.4 Å². The van der Waals surface area contributed by atoms with Gasteiger partial charge in [-0.2, -0.15) is 4.98 Å². The Labute approximate surface area is 135 Å². The second kappa shape index (κ2) is 10.2. The molecule has 1 aromatic carbocycles. The number of carbonyl (C=O) groups excluding carboxylic acids is 1. The van der Waals surface area contributed by atoms with Crippen molar-refractivity contribution in [1.82, 2.24) is 15.0 Å². The topological polar surface area (TPSA) is 79.8 Å². The van der Waals surface area contributed by atoms with Gasteiger partial charge in [0.15, 0.2) is 0 Å². The van der Waals surface area contributed by atoms with Gasteiger partial charge in [-0.3, -0.25) is 10.1 Å². The number of anilines is 2. The predicted molar refractivity (Wildman–Crippen MR) is 88.7 cm³/mol. The molecule has 124 valence electrons. The number of aryl methyl sites for hydroxylation is 1. The fraction of sp³-hybridized carbons (Fsp3) is 0.375. The second-order valence-electron chi connectivity index (χ2n) is 4.61. The van der Waals surface area contributed by atoms with Gasteiger partial charge in [0.25, 0.3) is 0 Å². The van der Waals surface area contributed by atoms with Crippen molar-refractivity contribution in [3.63, 3.8) is 0 Å². The minimum atomic E-state index is -0.231. The monoisotopic (exact) mass is 319 g/mol. The Kier molecular flexibility index (Phi) is 8.20. The average molecular weight is 319 g/mol. The lowest BCUT2D eigenvalue weighted by Crippen LogP contribution is -2.18. The maximum absolute atomic E-state index is 12.8. The number of aromatic nitrogens is 3. The molecule has 2 rings (SSSR count). The van der Waals surface area contributed by atoms with E-state index in [1.807, 2.05) is 20.8 Å². The van der Waals surface area contributed by atoms with Crippen molar-refractivity contribution in [3.05, 3.63) is 42.0 Å². The largest absolute Gasteiger partial charge is 0.352 e. The third-order valence-electron chi connectivity index (χ3n) is 2.91. The number of rotatable bonds is 7. The van der Waals surface area contributed by atoms with Gasteiger partial charge < -0.3 is 5.32 Å². The number of hydrogen-bond donors (Lipinski definition) is 2. The van der Waals surface area contributed by atoms with E-state index >= 15 is 0 Å². The van der Waals surface area contributed by atoms with E-state index in [-0.39, 0.29) is 17.8 Å². The highest BCUT2D eigenvalue weighted by Gasteiger charge is 2.06. The summed E-state index contributed by atoms with van der Waals surface area (Å²) in [6.07, 6.45) is 3.50. The van der Waals surface area contributed by atoms with E-state index in [0.717, 1.165) is 18.4 Å². The van der Waals surface area contributed by atoms with Gasteiger partial charge in [-0.15, -0.1) is 0 Å². The van der Waals surface area contributed by atoms with Crippen LogP contribution in [0, 0.1) is 5.82 Å². The van der Waals surface area contributed by atoms with Crippen molar-refractivity contribution in [2.75, 3.05) is 10.6 Å². The predicted octanol–water partition coefficient (Wildman–Crippen LogP) is 3.04. The number of nitrogens with zero attached hydrogens (tertiary/aromatic N) is 3. The van der Waals surface area contributed by atoms with Crippen molar-refractivity contribution < 1.29 is 9.18 Å². The molecule has 0 aliphatic heterocycles. The smallest absolute Gasteiger partial charge is 0.233 e. The molecule has 1 heterocycles. The zero-order chi connectivity index (χ0) is 17.1. The van der Waals surface area contributed by atoms with Crippen LogP contribution in [0.4, 0.5) is 16.3 Å². The van der Waals surface area contributed by atoms with Gasteiger partial charge in [0.1, 0.15) is 12.1 Å². The minimum absolute atomic E-state index is 0.126. The zero-order valence-corrected chi connectivity index (χ0v) is 13.6. The van der Waals surface area contributed by atoms with E-state index in [1.54, 1.807) is 12.1 Å². The van der Waals surface area contributed by atoms with Crippen LogP contribution in [-0.2, 0) is 11.2 Å². The highest BCUT2D eigenvalue weighted by Crippen LogP contribution is 2.10. The molecule has 1 unspecified atom stereocenters. The molecular formula is C16H22FN5O. The molecule has 2 N–H and O–H groups in total. The molecule has 0 radical (unpaired) electrons. The summed E-state index contributed by atoms with van der Waals surface area (Å²) in [5.74, 6) is 0.375. The highest BCUT2D eigenvalue weighted by molar-refractivity contribution is 5.66. The normalized spacial score (nSPS) is 11.0. The van der Waals surface area contributed by atoms with Crippen LogP contribution < -0.4 is 10.6 Å². The van der Waals surface area contributed by atoms with Crippen LogP contribution in [0.1, 0.15) is 32.8 Å². The highest BCUT2D eigenvalue weighted by atomic mass is 19.1. The molecule has 0 fully saturated rings. The molecule has 0 aliphatic rings. The van der Waals surface area contributed by atoms with Crippen LogP contribution in [0.3, 0.4) is 0 Å². The van der Waals surface area contributed by atoms with Crippen LogP contribution in [0.15, 0.2) is 30.6 Å². The van der Waals surface area contributed by atoms with Crippen molar-refractivity contribution in [2.24, 2.45) is 0 Å². The Morgan fingerprint density at radius 1 is 1.17 bits per heavy atom. The van der Waals surface area contributed by atoms with Gasteiger partial charge in [0.05, 0.1) is 0 Å². The number of hydrogen-bond acceptors (Lipinski definition) is 5. The number of amides is 1. The first-order valence-electron chi connectivity index (χ1n) is 7.57. The molecule has 6 nitrogen and oxygen atoms in total. The van der Waals surface area contributed by atoms with Crippen molar-refractivity contribution >= 4 is 18.3 Å². The third-order valence-corrected chi connectivity index (χ3v) is 2.91. The molecular weight excluding hydrogens is 297 g/mol. The molecule has 0 saturated heterocycles. The summed E-state index contributed by atoms with van der Waals surface area (Å²) in [6.45, 7) is 6.00. The lowest BCUT2D eigenvalue weighted by Gasteiger charge is -2.13. The quantitative estimate of drug-likeness (QED) is 0.767. The molecule has 2 aromatic rings. The summed E-state index contributed by atoms with van der Waals surface area (Å²) < 4.78 is 12.8. The molecule has 0 bridgehead atoms. The molecule has 7 heteroatoms. The number of halogens is 1. The number of carbonyl (C=O) groups is 1. The Balaban J connectivity index is 0.00000127. The fourth-order valence-electron chi connectivity index (χ4n) is 1.81. The van der Waals surface area contributed by atoms with Gasteiger partial charge in [0.2, 0.25) is 18.3 Å². The van der Waals surface area contributed by atoms with Crippen LogP contribution in [-0.4, -0.2) is 27.4 Å². The van der Waals surface area contributed by atoms with E-state index in [9.17, 15) is 9.18 Å². The minimum Gasteiger partial charge on any atom is -0.352 e. The SMILES string of the molecule is CC.CC(CCc1ccc(F)cc1)Nc1ncnc(NC=O)n1. The second-order valence-corrected chi connectivity index (χ2v) is 4.61. The number of nitrogens with one attached hydrogen (secondary N) is 2. The lowest BCUT2D eigenvalue weighted by atomic mass is 10.1. The van der Waals surface area contributed by atoms with Crippen LogP contribution >= 0.6 is 0 Å². The third kappa shape index (κ3) is 6.82. The van der Waals surface area contributed by atoms with E-state index in [4.69, 9.17) is 0 Å². The molecule has 1 atom stereocenters. The maximum atomic E-state index is 12.8. The van der Waals surface area contributed by atoms with Crippen LogP contribution in [0.5, 0.6) is 0 Å². The molecule has 1 aromatic heterocycles. The van der Waals surface area contributed by atoms with Gasteiger partial charge in [0, 0.05) is 6.04 Å². The summed E-state index contributed by atoms with van der Waals surface area (Å²) in [5.41, 5.74) is 1.07. The van der Waals surface area contributed by atoms with Crippen molar-refractivity contribution in [1.29, 1.82) is 0 Å². The summed E-state index contributed by atoms with van der Waals surface area (Å²) in [6, 6.07) is 6.59. The van der Waals surface area contributed by atoms with E-state index in [1.165, 1.54) is 18.5 Å². The van der Waals surface area contributed by atoms with Gasteiger partial charge >= 0.3 is 0 Å². The van der Waals surface area contributed by atoms with Crippen molar-refractivity contribution in [2.45, 2.75) is 39.7 Å². The van der Waals surface area contributed by atoms with Gasteiger partial charge in [-0.05, 0) is 37.5 Å². The summed E-state index contributed by atoms with van der Waals surface area (Å²) in [5, 5.41) is 5.50. The Morgan fingerprint density at radius 2 is 1.83 bits per heavy atom. The van der Waals surface area contributed by atoms with Crippen molar-refractivity contribution in [3.8, 4) is 0 Å². The fourth-order valence-corrected chi connectivity index (χ4v) is 1.81. The van der Waals surface area contributed by atoms with E-state index in [2.05, 4.69) is 25.6 Å². The summed E-state index contributed by atoms with van der Waals surface area (Å²) in [7, 11) is 0. The first-order chi connectivity index (χ1) is 11.2. The van der Waals surface area contributed by atoms with Crippen LogP contribution in [0.2, 0.25) is 0 Å². The first-order valence-corrected chi connectivity index (χ1v) is 7.57. The van der Waals surface area contributed by atoms with Crippen LogP contribution in [0.25, 0.3) is 0 Å².